The molecule has 0 fully saturated rings. The highest BCUT2D eigenvalue weighted by atomic mass is 16.7. The van der Waals surface area contributed by atoms with E-state index in [9.17, 15) is 4.79 Å². The second-order valence-electron chi connectivity index (χ2n) is 5.60. The maximum Gasteiger partial charge on any atom is 0.244 e. The molecular formula is C18H21NO3. The Morgan fingerprint density at radius 1 is 1.23 bits per heavy atom. The zero-order valence-electron chi connectivity index (χ0n) is 12.6. The molecule has 1 N–H and O–H groups in total. The molecule has 3 rings (SSSR count). The Morgan fingerprint density at radius 2 is 2.14 bits per heavy atom. The summed E-state index contributed by atoms with van der Waals surface area (Å²) in [5.41, 5.74) is 2.40. The molecule has 22 heavy (non-hydrogen) atoms. The van der Waals surface area contributed by atoms with Gasteiger partial charge in [-0.15, -0.1) is 0 Å². The van der Waals surface area contributed by atoms with Crippen LogP contribution in [-0.2, 0) is 4.79 Å². The smallest absolute Gasteiger partial charge is 0.244 e. The molecule has 116 valence electrons. The van der Waals surface area contributed by atoms with Crippen molar-refractivity contribution in [3.63, 3.8) is 0 Å². The van der Waals surface area contributed by atoms with E-state index >= 15 is 0 Å². The van der Waals surface area contributed by atoms with Gasteiger partial charge >= 0.3 is 0 Å². The van der Waals surface area contributed by atoms with Crippen LogP contribution in [0.5, 0.6) is 11.5 Å². The van der Waals surface area contributed by atoms with Crippen LogP contribution in [0.15, 0.2) is 35.9 Å². The minimum atomic E-state index is -0.0610. The SMILES string of the molecule is O=C(C=Cc1ccc2c(c1)OCO2)NCCC1=CCCCC1. The van der Waals surface area contributed by atoms with Crippen molar-refractivity contribution in [1.82, 2.24) is 5.32 Å². The van der Waals surface area contributed by atoms with E-state index in [1.54, 1.807) is 12.2 Å². The van der Waals surface area contributed by atoms with Crippen molar-refractivity contribution >= 4 is 12.0 Å². The number of carbonyl (C=O) groups is 1. The fourth-order valence-electron chi connectivity index (χ4n) is 2.73. The van der Waals surface area contributed by atoms with Crippen LogP contribution in [0.4, 0.5) is 0 Å². The van der Waals surface area contributed by atoms with E-state index < -0.39 is 0 Å². The lowest BCUT2D eigenvalue weighted by Gasteiger charge is -2.12. The molecule has 0 unspecified atom stereocenters. The van der Waals surface area contributed by atoms with Gasteiger partial charge in [0.05, 0.1) is 0 Å². The number of ether oxygens (including phenoxy) is 2. The van der Waals surface area contributed by atoms with Crippen molar-refractivity contribution in [1.29, 1.82) is 0 Å². The highest BCUT2D eigenvalue weighted by molar-refractivity contribution is 5.91. The summed E-state index contributed by atoms with van der Waals surface area (Å²) in [6.07, 6.45) is 11.6. The molecule has 4 heteroatoms. The Bertz CT molecular complexity index is 604. The van der Waals surface area contributed by atoms with E-state index in [1.807, 2.05) is 18.2 Å². The average molecular weight is 299 g/mol. The Morgan fingerprint density at radius 3 is 3.00 bits per heavy atom. The van der Waals surface area contributed by atoms with Crippen molar-refractivity contribution < 1.29 is 14.3 Å². The third kappa shape index (κ3) is 3.91. The number of hydrogen-bond donors (Lipinski definition) is 1. The number of rotatable bonds is 5. The monoisotopic (exact) mass is 299 g/mol. The summed E-state index contributed by atoms with van der Waals surface area (Å²) >= 11 is 0. The van der Waals surface area contributed by atoms with Crippen molar-refractivity contribution in [3.05, 3.63) is 41.5 Å². The quantitative estimate of drug-likeness (QED) is 0.669. The van der Waals surface area contributed by atoms with Crippen molar-refractivity contribution in [2.45, 2.75) is 32.1 Å². The number of allylic oxidation sites excluding steroid dienone is 1. The second kappa shape index (κ2) is 7.16. The Labute approximate surface area is 130 Å². The van der Waals surface area contributed by atoms with Crippen LogP contribution in [-0.4, -0.2) is 19.2 Å². The van der Waals surface area contributed by atoms with E-state index in [2.05, 4.69) is 11.4 Å². The first kappa shape index (κ1) is 14.7. The summed E-state index contributed by atoms with van der Waals surface area (Å²) in [7, 11) is 0. The summed E-state index contributed by atoms with van der Waals surface area (Å²) in [5, 5.41) is 2.93. The molecule has 0 atom stereocenters. The first-order valence-electron chi connectivity index (χ1n) is 7.85. The molecule has 1 aliphatic heterocycles. The Balaban J connectivity index is 1.46. The maximum absolute atomic E-state index is 11.8. The summed E-state index contributed by atoms with van der Waals surface area (Å²) in [5.74, 6) is 1.42. The normalized spacial score (nSPS) is 16.6. The van der Waals surface area contributed by atoms with Gasteiger partial charge in [0, 0.05) is 12.6 Å². The van der Waals surface area contributed by atoms with Gasteiger partial charge < -0.3 is 14.8 Å². The molecule has 1 heterocycles. The predicted octanol–water partition coefficient (Wildman–Crippen LogP) is 3.44. The minimum absolute atomic E-state index is 0.0610. The number of nitrogens with one attached hydrogen (secondary N) is 1. The van der Waals surface area contributed by atoms with Gasteiger partial charge in [0.1, 0.15) is 0 Å². The highest BCUT2D eigenvalue weighted by Gasteiger charge is 2.12. The topological polar surface area (TPSA) is 47.6 Å². The Hall–Kier alpha value is -2.23. The molecule has 2 aliphatic rings. The van der Waals surface area contributed by atoms with Gasteiger partial charge in [0.15, 0.2) is 11.5 Å². The summed E-state index contributed by atoms with van der Waals surface area (Å²) in [4.78, 5) is 11.8. The summed E-state index contributed by atoms with van der Waals surface area (Å²) in [6, 6.07) is 5.64. The lowest BCUT2D eigenvalue weighted by molar-refractivity contribution is -0.116. The molecule has 0 saturated heterocycles. The summed E-state index contributed by atoms with van der Waals surface area (Å²) in [6.45, 7) is 0.967. The van der Waals surface area contributed by atoms with Gasteiger partial charge in [0.2, 0.25) is 12.7 Å². The maximum atomic E-state index is 11.8. The van der Waals surface area contributed by atoms with Crippen LogP contribution in [0.2, 0.25) is 0 Å². The molecule has 1 aromatic carbocycles. The van der Waals surface area contributed by atoms with Gasteiger partial charge in [-0.2, -0.15) is 0 Å². The first-order chi connectivity index (χ1) is 10.8. The third-order valence-corrected chi connectivity index (χ3v) is 3.95. The molecule has 0 bridgehead atoms. The third-order valence-electron chi connectivity index (χ3n) is 3.95. The molecule has 4 nitrogen and oxygen atoms in total. The number of fused-ring (bicyclic) bond motifs is 1. The zero-order valence-corrected chi connectivity index (χ0v) is 12.6. The molecule has 0 saturated carbocycles. The Kier molecular flexibility index (Phi) is 4.78. The van der Waals surface area contributed by atoms with E-state index in [1.165, 1.54) is 31.3 Å². The predicted molar refractivity (Wildman–Crippen MR) is 85.8 cm³/mol. The van der Waals surface area contributed by atoms with E-state index in [-0.39, 0.29) is 12.7 Å². The zero-order chi connectivity index (χ0) is 15.2. The van der Waals surface area contributed by atoms with E-state index in [4.69, 9.17) is 9.47 Å². The number of benzene rings is 1. The van der Waals surface area contributed by atoms with Gasteiger partial charge in [0.25, 0.3) is 0 Å². The average Bonchev–Trinajstić information content (AvgIpc) is 3.01. The minimum Gasteiger partial charge on any atom is -0.454 e. The molecule has 0 radical (unpaired) electrons. The highest BCUT2D eigenvalue weighted by Crippen LogP contribution is 2.32. The molecule has 1 aliphatic carbocycles. The largest absolute Gasteiger partial charge is 0.454 e. The molecule has 0 spiro atoms. The standard InChI is InChI=1S/C18H21NO3/c20-18(19-11-10-14-4-2-1-3-5-14)9-7-15-6-8-16-17(12-15)22-13-21-16/h4,6-9,12H,1-3,5,10-11,13H2,(H,19,20). The van der Waals surface area contributed by atoms with Crippen LogP contribution in [0.3, 0.4) is 0 Å². The van der Waals surface area contributed by atoms with Crippen LogP contribution >= 0.6 is 0 Å². The molecular weight excluding hydrogens is 278 g/mol. The molecule has 0 aromatic heterocycles. The van der Waals surface area contributed by atoms with Gasteiger partial charge in [-0.05, 0) is 55.9 Å². The lowest BCUT2D eigenvalue weighted by Crippen LogP contribution is -2.22. The van der Waals surface area contributed by atoms with E-state index in [0.29, 0.717) is 6.54 Å². The van der Waals surface area contributed by atoms with Crippen molar-refractivity contribution in [3.8, 4) is 11.5 Å². The fraction of sp³-hybridized carbons (Fsp3) is 0.389. The summed E-state index contributed by atoms with van der Waals surface area (Å²) < 4.78 is 10.6. The van der Waals surface area contributed by atoms with Gasteiger partial charge in [-0.1, -0.05) is 17.7 Å². The number of amides is 1. The number of carbonyl (C=O) groups excluding carboxylic acids is 1. The molecule has 1 amide bonds. The lowest BCUT2D eigenvalue weighted by atomic mass is 9.97. The van der Waals surface area contributed by atoms with Gasteiger partial charge in [-0.25, -0.2) is 0 Å². The van der Waals surface area contributed by atoms with Crippen molar-refractivity contribution in [2.24, 2.45) is 0 Å². The van der Waals surface area contributed by atoms with Crippen LogP contribution in [0.25, 0.3) is 6.08 Å². The van der Waals surface area contributed by atoms with E-state index in [0.717, 1.165) is 23.5 Å². The van der Waals surface area contributed by atoms with Crippen LogP contribution in [0.1, 0.15) is 37.7 Å². The van der Waals surface area contributed by atoms with Crippen molar-refractivity contribution in [2.75, 3.05) is 13.3 Å². The first-order valence-corrected chi connectivity index (χ1v) is 7.85. The number of hydrogen-bond acceptors (Lipinski definition) is 3. The van der Waals surface area contributed by atoms with Gasteiger partial charge in [-0.3, -0.25) is 4.79 Å². The van der Waals surface area contributed by atoms with Crippen LogP contribution in [0, 0.1) is 0 Å². The second-order valence-corrected chi connectivity index (χ2v) is 5.60. The molecule has 1 aromatic rings. The van der Waals surface area contributed by atoms with Crippen LogP contribution < -0.4 is 14.8 Å². The fourth-order valence-corrected chi connectivity index (χ4v) is 2.73.